The van der Waals surface area contributed by atoms with E-state index < -0.39 is 16.1 Å². The molecule has 0 heterocycles. The van der Waals surface area contributed by atoms with Crippen LogP contribution >= 0.6 is 11.6 Å². The first-order valence-electron chi connectivity index (χ1n) is 9.29. The van der Waals surface area contributed by atoms with Gasteiger partial charge in [-0.15, -0.1) is 0 Å². The maximum Gasteiger partial charge on any atom is 0.244 e. The lowest BCUT2D eigenvalue weighted by Crippen LogP contribution is -2.50. The van der Waals surface area contributed by atoms with Crippen molar-refractivity contribution < 1.29 is 13.2 Å². The average molecular weight is 423 g/mol. The molecule has 0 bridgehead atoms. The van der Waals surface area contributed by atoms with Crippen LogP contribution in [-0.4, -0.2) is 26.6 Å². The standard InChI is InChI=1S/C21H27ClN2O3S/c1-5-19(16-9-7-15(3)8-10-16)23-21(25)20(6-2)24(28(4,26)27)18-13-11-17(22)12-14-18/h7-14,19-20H,5-6H2,1-4H3,(H,23,25)/t19-,20+/m0/s1. The number of carbonyl (C=O) groups excluding carboxylic acids is 1. The van der Waals surface area contributed by atoms with Crippen molar-refractivity contribution in [3.8, 4) is 0 Å². The monoisotopic (exact) mass is 422 g/mol. The third-order valence-corrected chi connectivity index (χ3v) is 6.05. The molecule has 28 heavy (non-hydrogen) atoms. The molecule has 0 spiro atoms. The van der Waals surface area contributed by atoms with Gasteiger partial charge in [-0.25, -0.2) is 8.42 Å². The number of halogens is 1. The van der Waals surface area contributed by atoms with Crippen LogP contribution in [0.25, 0.3) is 0 Å². The predicted molar refractivity (Wildman–Crippen MR) is 115 cm³/mol. The second-order valence-electron chi connectivity index (χ2n) is 6.84. The normalized spacial score (nSPS) is 13.6. The quantitative estimate of drug-likeness (QED) is 0.682. The lowest BCUT2D eigenvalue weighted by Gasteiger charge is -2.31. The Labute approximate surface area is 172 Å². The van der Waals surface area contributed by atoms with Gasteiger partial charge in [-0.05, 0) is 49.6 Å². The zero-order valence-corrected chi connectivity index (χ0v) is 18.2. The van der Waals surface area contributed by atoms with Crippen molar-refractivity contribution in [1.82, 2.24) is 5.32 Å². The summed E-state index contributed by atoms with van der Waals surface area (Å²) < 4.78 is 26.2. The van der Waals surface area contributed by atoms with Gasteiger partial charge in [-0.3, -0.25) is 9.10 Å². The SMILES string of the molecule is CC[C@H](NC(=O)[C@@H](CC)N(c1ccc(Cl)cc1)S(C)(=O)=O)c1ccc(C)cc1. The van der Waals surface area contributed by atoms with E-state index in [9.17, 15) is 13.2 Å². The number of anilines is 1. The van der Waals surface area contributed by atoms with E-state index in [1.54, 1.807) is 31.2 Å². The number of carbonyl (C=O) groups is 1. The summed E-state index contributed by atoms with van der Waals surface area (Å²) in [6.45, 7) is 5.79. The van der Waals surface area contributed by atoms with Gasteiger partial charge in [0, 0.05) is 5.02 Å². The molecule has 5 nitrogen and oxygen atoms in total. The molecule has 0 aliphatic rings. The van der Waals surface area contributed by atoms with Crippen LogP contribution in [0.2, 0.25) is 5.02 Å². The van der Waals surface area contributed by atoms with Gasteiger partial charge in [0.1, 0.15) is 6.04 Å². The lowest BCUT2D eigenvalue weighted by molar-refractivity contribution is -0.123. The van der Waals surface area contributed by atoms with Crippen molar-refractivity contribution in [2.45, 2.75) is 45.7 Å². The molecular weight excluding hydrogens is 396 g/mol. The first-order valence-corrected chi connectivity index (χ1v) is 11.5. The molecule has 2 rings (SSSR count). The van der Waals surface area contributed by atoms with E-state index in [-0.39, 0.29) is 11.9 Å². The van der Waals surface area contributed by atoms with Crippen LogP contribution < -0.4 is 9.62 Å². The molecule has 0 aliphatic carbocycles. The predicted octanol–water partition coefficient (Wildman–Crippen LogP) is 4.46. The van der Waals surface area contributed by atoms with Crippen molar-refractivity contribution in [2.24, 2.45) is 0 Å². The highest BCUT2D eigenvalue weighted by atomic mass is 35.5. The Morgan fingerprint density at radius 1 is 1.04 bits per heavy atom. The minimum Gasteiger partial charge on any atom is -0.347 e. The number of hydrogen-bond acceptors (Lipinski definition) is 3. The first kappa shape index (κ1) is 22.2. The fourth-order valence-electron chi connectivity index (χ4n) is 3.14. The van der Waals surface area contributed by atoms with Crippen LogP contribution in [0.4, 0.5) is 5.69 Å². The molecule has 1 N–H and O–H groups in total. The summed E-state index contributed by atoms with van der Waals surface area (Å²) in [5, 5.41) is 3.52. The lowest BCUT2D eigenvalue weighted by atomic mass is 10.0. The Kier molecular flexibility index (Phi) is 7.49. The molecule has 0 saturated carbocycles. The van der Waals surface area contributed by atoms with Crippen LogP contribution in [-0.2, 0) is 14.8 Å². The number of aryl methyl sites for hydroxylation is 1. The highest BCUT2D eigenvalue weighted by Crippen LogP contribution is 2.25. The second-order valence-corrected chi connectivity index (χ2v) is 9.14. The number of nitrogens with zero attached hydrogens (tertiary/aromatic N) is 1. The molecule has 0 radical (unpaired) electrons. The molecule has 2 aromatic rings. The van der Waals surface area contributed by atoms with Crippen molar-refractivity contribution >= 4 is 33.2 Å². The second kappa shape index (κ2) is 9.43. The first-order chi connectivity index (χ1) is 13.2. The largest absolute Gasteiger partial charge is 0.347 e. The third kappa shape index (κ3) is 5.49. The molecular formula is C21H27ClN2O3S. The Balaban J connectivity index is 2.32. The molecule has 7 heteroatoms. The fourth-order valence-corrected chi connectivity index (χ4v) is 4.47. The molecule has 0 aromatic heterocycles. The summed E-state index contributed by atoms with van der Waals surface area (Å²) in [5.74, 6) is -0.324. The van der Waals surface area contributed by atoms with Crippen LogP contribution in [0, 0.1) is 6.92 Å². The summed E-state index contributed by atoms with van der Waals surface area (Å²) in [5.41, 5.74) is 2.55. The van der Waals surface area contributed by atoms with Gasteiger partial charge < -0.3 is 5.32 Å². The summed E-state index contributed by atoms with van der Waals surface area (Å²) in [6.07, 6.45) is 2.14. The van der Waals surface area contributed by atoms with Gasteiger partial charge in [0.2, 0.25) is 15.9 Å². The minimum absolute atomic E-state index is 0.186. The molecule has 152 valence electrons. The number of benzene rings is 2. The number of sulfonamides is 1. The summed E-state index contributed by atoms with van der Waals surface area (Å²) >= 11 is 5.93. The molecule has 2 aromatic carbocycles. The fraction of sp³-hybridized carbons (Fsp3) is 0.381. The number of rotatable bonds is 8. The van der Waals surface area contributed by atoms with E-state index in [4.69, 9.17) is 11.6 Å². The average Bonchev–Trinajstić information content (AvgIpc) is 2.64. The van der Waals surface area contributed by atoms with Gasteiger partial charge in [0.05, 0.1) is 18.0 Å². The van der Waals surface area contributed by atoms with Crippen molar-refractivity contribution in [3.63, 3.8) is 0 Å². The van der Waals surface area contributed by atoms with Gasteiger partial charge in [0.15, 0.2) is 0 Å². The summed E-state index contributed by atoms with van der Waals surface area (Å²) in [4.78, 5) is 13.1. The van der Waals surface area contributed by atoms with Crippen LogP contribution in [0.5, 0.6) is 0 Å². The van der Waals surface area contributed by atoms with Crippen molar-refractivity contribution in [2.75, 3.05) is 10.6 Å². The maximum atomic E-state index is 13.1. The molecule has 0 unspecified atom stereocenters. The maximum absolute atomic E-state index is 13.1. The van der Waals surface area contributed by atoms with Gasteiger partial charge in [0.25, 0.3) is 0 Å². The Bertz CT molecular complexity index is 896. The Hall–Kier alpha value is -2.05. The van der Waals surface area contributed by atoms with Crippen LogP contribution in [0.3, 0.4) is 0 Å². The molecule has 0 fully saturated rings. The molecule has 0 aliphatic heterocycles. The minimum atomic E-state index is -3.67. The summed E-state index contributed by atoms with van der Waals surface area (Å²) in [7, 11) is -3.67. The van der Waals surface area contributed by atoms with Gasteiger partial charge in [-0.2, -0.15) is 0 Å². The van der Waals surface area contributed by atoms with Gasteiger partial charge in [-0.1, -0.05) is 55.3 Å². The van der Waals surface area contributed by atoms with Crippen molar-refractivity contribution in [3.05, 3.63) is 64.7 Å². The summed E-state index contributed by atoms with van der Waals surface area (Å²) in [6, 6.07) is 13.4. The number of nitrogens with one attached hydrogen (secondary N) is 1. The van der Waals surface area contributed by atoms with E-state index in [2.05, 4.69) is 5.32 Å². The third-order valence-electron chi connectivity index (χ3n) is 4.62. The zero-order valence-electron chi connectivity index (χ0n) is 16.6. The Morgan fingerprint density at radius 3 is 2.07 bits per heavy atom. The Morgan fingerprint density at radius 2 is 1.61 bits per heavy atom. The highest BCUT2D eigenvalue weighted by Gasteiger charge is 2.32. The zero-order chi connectivity index (χ0) is 20.9. The highest BCUT2D eigenvalue weighted by molar-refractivity contribution is 7.92. The van der Waals surface area contributed by atoms with E-state index in [1.807, 2.05) is 38.1 Å². The van der Waals surface area contributed by atoms with Gasteiger partial charge >= 0.3 is 0 Å². The molecule has 0 saturated heterocycles. The van der Waals surface area contributed by atoms with E-state index >= 15 is 0 Å². The smallest absolute Gasteiger partial charge is 0.244 e. The molecule has 2 atom stereocenters. The van der Waals surface area contributed by atoms with Crippen molar-refractivity contribution in [1.29, 1.82) is 0 Å². The van der Waals surface area contributed by atoms with E-state index in [1.165, 1.54) is 4.31 Å². The van der Waals surface area contributed by atoms with E-state index in [0.717, 1.165) is 17.4 Å². The van der Waals surface area contributed by atoms with E-state index in [0.29, 0.717) is 23.6 Å². The number of amides is 1. The van der Waals surface area contributed by atoms with Crippen LogP contribution in [0.1, 0.15) is 43.9 Å². The van der Waals surface area contributed by atoms with Crippen LogP contribution in [0.15, 0.2) is 48.5 Å². The topological polar surface area (TPSA) is 66.5 Å². The molecule has 1 amide bonds. The number of hydrogen-bond donors (Lipinski definition) is 1.